The minimum absolute atomic E-state index is 0.0631. The Kier molecular flexibility index (Phi) is 5.60. The minimum Gasteiger partial charge on any atom is -0.336 e. The maximum Gasteiger partial charge on any atom is 0.254 e. The normalized spacial score (nSPS) is 15.0. The average molecular weight is 376 g/mol. The first-order valence-electron chi connectivity index (χ1n) is 8.61. The van der Waals surface area contributed by atoms with Crippen LogP contribution in [0.1, 0.15) is 26.3 Å². The lowest BCUT2D eigenvalue weighted by Crippen LogP contribution is -2.50. The molecule has 0 spiro atoms. The molecular weight excluding hydrogens is 357 g/mol. The summed E-state index contributed by atoms with van der Waals surface area (Å²) in [6.45, 7) is 3.43. The smallest absolute Gasteiger partial charge is 0.254 e. The van der Waals surface area contributed by atoms with Crippen molar-refractivity contribution < 1.29 is 22.8 Å². The average Bonchev–Trinajstić information content (AvgIpc) is 2.66. The molecule has 0 N–H and O–H groups in total. The molecule has 142 valence electrons. The monoisotopic (exact) mass is 376 g/mol. The molecule has 1 heterocycles. The summed E-state index contributed by atoms with van der Waals surface area (Å²) in [5.41, 5.74) is 0.956. The number of piperazine rings is 1. The number of nitrogens with zero attached hydrogens (tertiary/aromatic N) is 2. The van der Waals surface area contributed by atoms with Gasteiger partial charge in [0.25, 0.3) is 5.91 Å². The van der Waals surface area contributed by atoms with E-state index in [0.29, 0.717) is 26.2 Å². The van der Waals surface area contributed by atoms with Gasteiger partial charge in [0.05, 0.1) is 12.1 Å². The number of hydrogen-bond donors (Lipinski definition) is 0. The maximum absolute atomic E-state index is 13.8. The first-order valence-corrected chi connectivity index (χ1v) is 8.61. The Labute approximate surface area is 155 Å². The van der Waals surface area contributed by atoms with Gasteiger partial charge in [-0.05, 0) is 37.3 Å². The van der Waals surface area contributed by atoms with Gasteiger partial charge in [-0.25, -0.2) is 13.2 Å². The molecule has 4 nitrogen and oxygen atoms in total. The van der Waals surface area contributed by atoms with Crippen LogP contribution in [-0.2, 0) is 0 Å². The van der Waals surface area contributed by atoms with E-state index in [4.69, 9.17) is 0 Å². The van der Waals surface area contributed by atoms with Gasteiger partial charge in [-0.2, -0.15) is 0 Å². The molecule has 2 aromatic carbocycles. The van der Waals surface area contributed by atoms with Crippen LogP contribution >= 0.6 is 0 Å². The Morgan fingerprint density at radius 1 is 0.889 bits per heavy atom. The zero-order valence-corrected chi connectivity index (χ0v) is 14.8. The lowest BCUT2D eigenvalue weighted by atomic mass is 10.1. The van der Waals surface area contributed by atoms with Crippen LogP contribution in [-0.4, -0.2) is 54.2 Å². The highest BCUT2D eigenvalue weighted by molar-refractivity contribution is 5.98. The van der Waals surface area contributed by atoms with Crippen LogP contribution < -0.4 is 0 Å². The summed E-state index contributed by atoms with van der Waals surface area (Å²) in [4.78, 5) is 28.1. The van der Waals surface area contributed by atoms with Gasteiger partial charge < -0.3 is 4.90 Å². The van der Waals surface area contributed by atoms with Gasteiger partial charge in [0, 0.05) is 31.7 Å². The van der Waals surface area contributed by atoms with Crippen LogP contribution in [0, 0.1) is 24.4 Å². The third kappa shape index (κ3) is 4.36. The first-order chi connectivity index (χ1) is 12.8. The maximum atomic E-state index is 13.8. The molecule has 0 aromatic heterocycles. The standard InChI is InChI=1S/C20H19F3N2O2/c1-13-2-4-16(21)15(10-13)19(26)12-24-6-8-25(9-7-24)20(27)14-3-5-17(22)18(23)11-14/h2-5,10-11H,6-9,12H2,1H3. The van der Waals surface area contributed by atoms with Crippen molar-refractivity contribution in [2.24, 2.45) is 0 Å². The van der Waals surface area contributed by atoms with Crippen molar-refractivity contribution in [3.63, 3.8) is 0 Å². The fraction of sp³-hybridized carbons (Fsp3) is 0.300. The zero-order valence-electron chi connectivity index (χ0n) is 14.8. The molecular formula is C20H19F3N2O2. The Morgan fingerprint density at radius 2 is 1.56 bits per heavy atom. The summed E-state index contributed by atoms with van der Waals surface area (Å²) < 4.78 is 40.2. The highest BCUT2D eigenvalue weighted by Crippen LogP contribution is 2.15. The SMILES string of the molecule is Cc1ccc(F)c(C(=O)CN2CCN(C(=O)c3ccc(F)c(F)c3)CC2)c1. The summed E-state index contributed by atoms with van der Waals surface area (Å²) in [5.74, 6) is -3.30. The lowest BCUT2D eigenvalue weighted by molar-refractivity contribution is 0.0623. The second-order valence-electron chi connectivity index (χ2n) is 6.60. The number of ketones is 1. The largest absolute Gasteiger partial charge is 0.336 e. The third-order valence-corrected chi connectivity index (χ3v) is 4.62. The van der Waals surface area contributed by atoms with Gasteiger partial charge in [-0.1, -0.05) is 11.6 Å². The highest BCUT2D eigenvalue weighted by Gasteiger charge is 2.25. The van der Waals surface area contributed by atoms with Gasteiger partial charge in [0.15, 0.2) is 17.4 Å². The van der Waals surface area contributed by atoms with Gasteiger partial charge in [0.2, 0.25) is 0 Å². The van der Waals surface area contributed by atoms with Crippen molar-refractivity contribution in [2.45, 2.75) is 6.92 Å². The van der Waals surface area contributed by atoms with E-state index in [2.05, 4.69) is 0 Å². The predicted octanol–water partition coefficient (Wildman–Crippen LogP) is 3.05. The molecule has 0 atom stereocenters. The van der Waals surface area contributed by atoms with Crippen molar-refractivity contribution in [3.8, 4) is 0 Å². The summed E-state index contributed by atoms with van der Waals surface area (Å²) in [5, 5.41) is 0. The molecule has 0 aliphatic carbocycles. The van der Waals surface area contributed by atoms with Crippen LogP contribution in [0.2, 0.25) is 0 Å². The number of hydrogen-bond acceptors (Lipinski definition) is 3. The number of amides is 1. The molecule has 3 rings (SSSR count). The van der Waals surface area contributed by atoms with E-state index >= 15 is 0 Å². The second-order valence-corrected chi connectivity index (χ2v) is 6.60. The number of carbonyl (C=O) groups is 2. The van der Waals surface area contributed by atoms with Crippen molar-refractivity contribution in [1.29, 1.82) is 0 Å². The molecule has 0 saturated carbocycles. The number of carbonyl (C=O) groups excluding carboxylic acids is 2. The summed E-state index contributed by atoms with van der Waals surface area (Å²) in [6, 6.07) is 7.47. The highest BCUT2D eigenvalue weighted by atomic mass is 19.2. The van der Waals surface area contributed by atoms with Crippen LogP contribution in [0.3, 0.4) is 0 Å². The predicted molar refractivity (Wildman–Crippen MR) is 94.2 cm³/mol. The zero-order chi connectivity index (χ0) is 19.6. The molecule has 7 heteroatoms. The molecule has 27 heavy (non-hydrogen) atoms. The Hall–Kier alpha value is -2.67. The minimum atomic E-state index is -1.06. The molecule has 0 radical (unpaired) electrons. The molecule has 2 aromatic rings. The van der Waals surface area contributed by atoms with Crippen molar-refractivity contribution in [3.05, 3.63) is 70.5 Å². The molecule has 1 aliphatic rings. The summed E-state index contributed by atoms with van der Waals surface area (Å²) >= 11 is 0. The van der Waals surface area contributed by atoms with E-state index < -0.39 is 17.5 Å². The topological polar surface area (TPSA) is 40.6 Å². The Bertz CT molecular complexity index is 878. The third-order valence-electron chi connectivity index (χ3n) is 4.62. The number of benzene rings is 2. The number of rotatable bonds is 4. The fourth-order valence-electron chi connectivity index (χ4n) is 3.06. The summed E-state index contributed by atoms with van der Waals surface area (Å²) in [6.07, 6.45) is 0. The number of aryl methyl sites for hydroxylation is 1. The van der Waals surface area contributed by atoms with Gasteiger partial charge in [-0.3, -0.25) is 14.5 Å². The van der Waals surface area contributed by atoms with E-state index in [-0.39, 0.29) is 29.4 Å². The Balaban J connectivity index is 1.58. The molecule has 1 aliphatic heterocycles. The molecule has 1 fully saturated rings. The van der Waals surface area contributed by atoms with Crippen molar-refractivity contribution in [1.82, 2.24) is 9.80 Å². The van der Waals surface area contributed by atoms with Crippen LogP contribution in [0.4, 0.5) is 13.2 Å². The van der Waals surface area contributed by atoms with E-state index in [1.165, 1.54) is 23.1 Å². The van der Waals surface area contributed by atoms with Crippen molar-refractivity contribution in [2.75, 3.05) is 32.7 Å². The second kappa shape index (κ2) is 7.92. The number of Topliss-reactive ketones (excluding diaryl/α,β-unsaturated/α-hetero) is 1. The van der Waals surface area contributed by atoms with Gasteiger partial charge in [-0.15, -0.1) is 0 Å². The number of halogens is 3. The van der Waals surface area contributed by atoms with E-state index in [1.807, 2.05) is 4.90 Å². The molecule has 0 bridgehead atoms. The van der Waals surface area contributed by atoms with Crippen LogP contribution in [0.15, 0.2) is 36.4 Å². The quantitative estimate of drug-likeness (QED) is 0.770. The first kappa shape index (κ1) is 19.1. The summed E-state index contributed by atoms with van der Waals surface area (Å²) in [7, 11) is 0. The van der Waals surface area contributed by atoms with E-state index in [9.17, 15) is 22.8 Å². The Morgan fingerprint density at radius 3 is 2.22 bits per heavy atom. The lowest BCUT2D eigenvalue weighted by Gasteiger charge is -2.34. The van der Waals surface area contributed by atoms with E-state index in [0.717, 1.165) is 17.7 Å². The van der Waals surface area contributed by atoms with Gasteiger partial charge in [0.1, 0.15) is 5.82 Å². The van der Waals surface area contributed by atoms with Crippen LogP contribution in [0.25, 0.3) is 0 Å². The fourth-order valence-corrected chi connectivity index (χ4v) is 3.06. The van der Waals surface area contributed by atoms with Crippen LogP contribution in [0.5, 0.6) is 0 Å². The molecule has 1 saturated heterocycles. The molecule has 0 unspecified atom stereocenters. The molecule has 1 amide bonds. The van der Waals surface area contributed by atoms with Gasteiger partial charge >= 0.3 is 0 Å². The van der Waals surface area contributed by atoms with E-state index in [1.54, 1.807) is 13.0 Å². The van der Waals surface area contributed by atoms with Crippen molar-refractivity contribution >= 4 is 11.7 Å².